The molecule has 0 bridgehead atoms. The van der Waals surface area contributed by atoms with Crippen molar-refractivity contribution in [3.63, 3.8) is 0 Å². The summed E-state index contributed by atoms with van der Waals surface area (Å²) in [6.07, 6.45) is 4.63. The number of aromatic nitrogens is 1. The molecule has 1 aromatic rings. The lowest BCUT2D eigenvalue weighted by molar-refractivity contribution is 0.289. The third-order valence-corrected chi connectivity index (χ3v) is 1.69. The molecule has 2 N–H and O–H groups in total. The highest BCUT2D eigenvalue weighted by molar-refractivity contribution is 5.50. The quantitative estimate of drug-likeness (QED) is 0.725. The number of hydrogen-bond donors (Lipinski definition) is 1. The van der Waals surface area contributed by atoms with E-state index in [1.54, 1.807) is 0 Å². The SMILES string of the molecule is Nc1cncc(F)c1OC1CC1. The van der Waals surface area contributed by atoms with E-state index in [2.05, 4.69) is 4.98 Å². The molecule has 1 aromatic heterocycles. The zero-order valence-electron chi connectivity index (χ0n) is 6.46. The number of nitrogens with zero attached hydrogens (tertiary/aromatic N) is 1. The Morgan fingerprint density at radius 2 is 2.25 bits per heavy atom. The minimum Gasteiger partial charge on any atom is -0.485 e. The van der Waals surface area contributed by atoms with Crippen LogP contribution in [0.5, 0.6) is 5.75 Å². The van der Waals surface area contributed by atoms with Crippen molar-refractivity contribution in [2.45, 2.75) is 18.9 Å². The highest BCUT2D eigenvalue weighted by atomic mass is 19.1. The summed E-state index contributed by atoms with van der Waals surface area (Å²) >= 11 is 0. The number of halogens is 1. The summed E-state index contributed by atoms with van der Waals surface area (Å²) in [5.74, 6) is -0.339. The van der Waals surface area contributed by atoms with Crippen LogP contribution in [-0.4, -0.2) is 11.1 Å². The second-order valence-electron chi connectivity index (χ2n) is 2.86. The lowest BCUT2D eigenvalue weighted by Crippen LogP contribution is -2.02. The summed E-state index contributed by atoms with van der Waals surface area (Å²) in [6, 6.07) is 0. The average molecular weight is 168 g/mol. The summed E-state index contributed by atoms with van der Waals surface area (Å²) in [7, 11) is 0. The summed E-state index contributed by atoms with van der Waals surface area (Å²) < 4.78 is 18.2. The molecule has 1 aliphatic carbocycles. The summed E-state index contributed by atoms with van der Waals surface area (Å²) in [5.41, 5.74) is 5.74. The van der Waals surface area contributed by atoms with Gasteiger partial charge in [0.25, 0.3) is 0 Å². The molecule has 4 heteroatoms. The van der Waals surface area contributed by atoms with Crippen LogP contribution in [0.1, 0.15) is 12.8 Å². The summed E-state index contributed by atoms with van der Waals surface area (Å²) in [6.45, 7) is 0. The first kappa shape index (κ1) is 7.34. The molecule has 0 aromatic carbocycles. The van der Waals surface area contributed by atoms with Crippen LogP contribution in [0.25, 0.3) is 0 Å². The van der Waals surface area contributed by atoms with Gasteiger partial charge in [-0.2, -0.15) is 0 Å². The molecule has 12 heavy (non-hydrogen) atoms. The molecule has 0 unspecified atom stereocenters. The van der Waals surface area contributed by atoms with Gasteiger partial charge in [-0.25, -0.2) is 4.39 Å². The van der Waals surface area contributed by atoms with E-state index in [0.717, 1.165) is 19.0 Å². The van der Waals surface area contributed by atoms with Crippen LogP contribution < -0.4 is 10.5 Å². The Kier molecular flexibility index (Phi) is 1.60. The minimum absolute atomic E-state index is 0.146. The van der Waals surface area contributed by atoms with Crippen LogP contribution in [-0.2, 0) is 0 Å². The first-order valence-electron chi connectivity index (χ1n) is 3.83. The zero-order valence-corrected chi connectivity index (χ0v) is 6.46. The molecule has 0 atom stereocenters. The van der Waals surface area contributed by atoms with Gasteiger partial charge in [0, 0.05) is 0 Å². The molecule has 0 radical (unpaired) electrons. The van der Waals surface area contributed by atoms with Crippen molar-refractivity contribution in [1.29, 1.82) is 0 Å². The molecule has 0 saturated heterocycles. The summed E-state index contributed by atoms with van der Waals surface area (Å²) in [4.78, 5) is 3.59. The monoisotopic (exact) mass is 168 g/mol. The van der Waals surface area contributed by atoms with Crippen LogP contribution >= 0.6 is 0 Å². The Hall–Kier alpha value is -1.32. The molecule has 0 amide bonds. The second kappa shape index (κ2) is 2.62. The molecule has 1 saturated carbocycles. The van der Waals surface area contributed by atoms with Crippen LogP contribution in [0.15, 0.2) is 12.4 Å². The molecule has 1 heterocycles. The number of anilines is 1. The fourth-order valence-electron chi connectivity index (χ4n) is 0.915. The topological polar surface area (TPSA) is 48.1 Å². The molecular weight excluding hydrogens is 159 g/mol. The highest BCUT2D eigenvalue weighted by Crippen LogP contribution is 2.31. The van der Waals surface area contributed by atoms with E-state index in [0.29, 0.717) is 0 Å². The van der Waals surface area contributed by atoms with Crippen molar-refractivity contribution in [2.24, 2.45) is 0 Å². The standard InChI is InChI=1S/C8H9FN2O/c9-6-3-11-4-7(10)8(6)12-5-1-2-5/h3-5H,1-2,10H2. The van der Waals surface area contributed by atoms with E-state index in [1.807, 2.05) is 0 Å². The van der Waals surface area contributed by atoms with Gasteiger partial charge >= 0.3 is 0 Å². The predicted molar refractivity (Wildman–Crippen MR) is 42.3 cm³/mol. The maximum atomic E-state index is 13.0. The van der Waals surface area contributed by atoms with Crippen LogP contribution in [0.4, 0.5) is 10.1 Å². The average Bonchev–Trinajstić information content (AvgIpc) is 2.80. The van der Waals surface area contributed by atoms with Crippen molar-refractivity contribution in [3.8, 4) is 5.75 Å². The predicted octanol–water partition coefficient (Wildman–Crippen LogP) is 1.34. The van der Waals surface area contributed by atoms with Gasteiger partial charge in [-0.3, -0.25) is 4.98 Å². The van der Waals surface area contributed by atoms with E-state index >= 15 is 0 Å². The third-order valence-electron chi connectivity index (χ3n) is 1.69. The Morgan fingerprint density at radius 3 is 2.83 bits per heavy atom. The van der Waals surface area contributed by atoms with Gasteiger partial charge in [0.15, 0.2) is 11.6 Å². The lowest BCUT2D eigenvalue weighted by atomic mass is 10.4. The number of nitrogen functional groups attached to an aromatic ring is 1. The van der Waals surface area contributed by atoms with Gasteiger partial charge in [0.05, 0.1) is 24.2 Å². The van der Waals surface area contributed by atoms with Crippen molar-refractivity contribution in [2.75, 3.05) is 5.73 Å². The van der Waals surface area contributed by atoms with E-state index in [4.69, 9.17) is 10.5 Å². The number of pyridine rings is 1. The summed E-state index contributed by atoms with van der Waals surface area (Å²) in [5, 5.41) is 0. The first-order valence-corrected chi connectivity index (χ1v) is 3.83. The van der Waals surface area contributed by atoms with Gasteiger partial charge in [0.2, 0.25) is 0 Å². The van der Waals surface area contributed by atoms with E-state index in [1.165, 1.54) is 6.20 Å². The zero-order chi connectivity index (χ0) is 8.55. The van der Waals surface area contributed by atoms with E-state index in [-0.39, 0.29) is 17.5 Å². The lowest BCUT2D eigenvalue weighted by Gasteiger charge is -2.06. The highest BCUT2D eigenvalue weighted by Gasteiger charge is 2.25. The number of ether oxygens (including phenoxy) is 1. The Bertz CT molecular complexity index is 279. The van der Waals surface area contributed by atoms with Crippen molar-refractivity contribution >= 4 is 5.69 Å². The fourth-order valence-corrected chi connectivity index (χ4v) is 0.915. The third kappa shape index (κ3) is 1.32. The molecule has 1 aliphatic rings. The second-order valence-corrected chi connectivity index (χ2v) is 2.86. The number of hydrogen-bond acceptors (Lipinski definition) is 3. The molecule has 2 rings (SSSR count). The van der Waals surface area contributed by atoms with Crippen LogP contribution in [0.3, 0.4) is 0 Å². The molecule has 64 valence electrons. The first-order chi connectivity index (χ1) is 5.77. The van der Waals surface area contributed by atoms with Gasteiger partial charge in [0.1, 0.15) is 0 Å². The smallest absolute Gasteiger partial charge is 0.185 e. The van der Waals surface area contributed by atoms with Gasteiger partial charge < -0.3 is 10.5 Å². The molecule has 0 aliphatic heterocycles. The van der Waals surface area contributed by atoms with Gasteiger partial charge in [-0.05, 0) is 12.8 Å². The maximum absolute atomic E-state index is 13.0. The van der Waals surface area contributed by atoms with Crippen molar-refractivity contribution in [1.82, 2.24) is 4.98 Å². The molecule has 3 nitrogen and oxygen atoms in total. The largest absolute Gasteiger partial charge is 0.485 e. The Morgan fingerprint density at radius 1 is 1.50 bits per heavy atom. The number of rotatable bonds is 2. The molecular formula is C8H9FN2O. The maximum Gasteiger partial charge on any atom is 0.185 e. The minimum atomic E-state index is -0.484. The molecule has 1 fully saturated rings. The number of nitrogens with two attached hydrogens (primary N) is 1. The van der Waals surface area contributed by atoms with Gasteiger partial charge in [-0.15, -0.1) is 0 Å². The van der Waals surface area contributed by atoms with Crippen molar-refractivity contribution < 1.29 is 9.13 Å². The Labute approximate surface area is 69.4 Å². The molecule has 0 spiro atoms. The van der Waals surface area contributed by atoms with Crippen LogP contribution in [0.2, 0.25) is 0 Å². The normalized spacial score (nSPS) is 16.1. The van der Waals surface area contributed by atoms with Crippen LogP contribution in [0, 0.1) is 5.82 Å². The van der Waals surface area contributed by atoms with Crippen molar-refractivity contribution in [3.05, 3.63) is 18.2 Å². The fraction of sp³-hybridized carbons (Fsp3) is 0.375. The van der Waals surface area contributed by atoms with E-state index in [9.17, 15) is 4.39 Å². The van der Waals surface area contributed by atoms with Gasteiger partial charge in [-0.1, -0.05) is 0 Å². The Balaban J connectivity index is 2.26. The van der Waals surface area contributed by atoms with E-state index < -0.39 is 5.82 Å².